The number of ether oxygens (including phenoxy) is 1. The van der Waals surface area contributed by atoms with Crippen molar-refractivity contribution in [2.45, 2.75) is 19.4 Å². The van der Waals surface area contributed by atoms with Crippen LogP contribution in [0.15, 0.2) is 35.5 Å². The van der Waals surface area contributed by atoms with Gasteiger partial charge in [-0.1, -0.05) is 5.57 Å². The van der Waals surface area contributed by atoms with Gasteiger partial charge in [-0.15, -0.1) is 11.3 Å². The molecule has 9 heteroatoms. The zero-order chi connectivity index (χ0) is 22.9. The summed E-state index contributed by atoms with van der Waals surface area (Å²) in [6.07, 6.45) is 10.9. The molecule has 0 aliphatic carbocycles. The number of nitrogens with one attached hydrogen (secondary N) is 1. The van der Waals surface area contributed by atoms with Crippen molar-refractivity contribution < 1.29 is 9.53 Å². The third kappa shape index (κ3) is 7.20. The van der Waals surface area contributed by atoms with Crippen molar-refractivity contribution in [2.75, 3.05) is 58.2 Å². The van der Waals surface area contributed by atoms with Crippen LogP contribution in [0.3, 0.4) is 0 Å². The molecule has 0 aromatic carbocycles. The number of likely N-dealkylation sites (tertiary alicyclic amines) is 1. The zero-order valence-electron chi connectivity index (χ0n) is 18.9. The number of nitrogens with zero attached hydrogens (tertiary/aromatic N) is 4. The van der Waals surface area contributed by atoms with Crippen molar-refractivity contribution in [1.82, 2.24) is 25.1 Å². The highest BCUT2D eigenvalue weighted by Gasteiger charge is 2.17. The van der Waals surface area contributed by atoms with Gasteiger partial charge >= 0.3 is 0 Å². The average molecular weight is 469 g/mol. The molecule has 4 heterocycles. The number of nitrogens with two attached hydrogens (primary N) is 1. The van der Waals surface area contributed by atoms with Gasteiger partial charge in [0.1, 0.15) is 10.8 Å². The molecule has 176 valence electrons. The molecule has 2 aromatic rings. The van der Waals surface area contributed by atoms with Crippen molar-refractivity contribution in [3.8, 4) is 0 Å². The van der Waals surface area contributed by atoms with E-state index < -0.39 is 0 Å². The molecule has 0 unspecified atom stereocenters. The van der Waals surface area contributed by atoms with E-state index in [2.05, 4.69) is 26.3 Å². The lowest BCUT2D eigenvalue weighted by molar-refractivity contribution is -0.126. The monoisotopic (exact) mass is 468 g/mol. The quantitative estimate of drug-likeness (QED) is 0.453. The number of thiazole rings is 1. The molecule has 2 aromatic heterocycles. The smallest absolute Gasteiger partial charge is 0.246 e. The summed E-state index contributed by atoms with van der Waals surface area (Å²) in [5.74, 6) is 0.554. The lowest BCUT2D eigenvalue weighted by atomic mass is 10.0. The molecule has 4 rings (SSSR count). The predicted molar refractivity (Wildman–Crippen MR) is 133 cm³/mol. The molecule has 0 bridgehead atoms. The summed E-state index contributed by atoms with van der Waals surface area (Å²) < 4.78 is 5.38. The van der Waals surface area contributed by atoms with Gasteiger partial charge in [-0.3, -0.25) is 9.69 Å². The summed E-state index contributed by atoms with van der Waals surface area (Å²) in [5, 5.41) is 6.46. The number of carbonyl (C=O) groups excluding carboxylic acids is 1. The van der Waals surface area contributed by atoms with Gasteiger partial charge in [-0.05, 0) is 36.6 Å². The maximum Gasteiger partial charge on any atom is 0.246 e. The number of anilines is 1. The molecule has 2 saturated heterocycles. The molecule has 33 heavy (non-hydrogen) atoms. The molecule has 2 aliphatic rings. The van der Waals surface area contributed by atoms with Gasteiger partial charge in [-0.2, -0.15) is 0 Å². The summed E-state index contributed by atoms with van der Waals surface area (Å²) in [4.78, 5) is 25.5. The second-order valence-corrected chi connectivity index (χ2v) is 9.20. The van der Waals surface area contributed by atoms with Crippen LogP contribution in [0, 0.1) is 0 Å². The summed E-state index contributed by atoms with van der Waals surface area (Å²) in [7, 11) is 0. The Morgan fingerprint density at radius 2 is 2.03 bits per heavy atom. The van der Waals surface area contributed by atoms with Gasteiger partial charge < -0.3 is 20.7 Å². The first-order valence-electron chi connectivity index (χ1n) is 11.5. The van der Waals surface area contributed by atoms with Crippen molar-refractivity contribution in [3.63, 3.8) is 0 Å². The summed E-state index contributed by atoms with van der Waals surface area (Å²) >= 11 is 1.64. The number of piperidine rings is 1. The first-order chi connectivity index (χ1) is 16.2. The van der Waals surface area contributed by atoms with Crippen LogP contribution in [-0.2, 0) is 16.1 Å². The molecular weight excluding hydrogens is 436 g/mol. The first kappa shape index (κ1) is 23.6. The van der Waals surface area contributed by atoms with E-state index in [1.165, 1.54) is 5.57 Å². The van der Waals surface area contributed by atoms with E-state index >= 15 is 0 Å². The van der Waals surface area contributed by atoms with Gasteiger partial charge in [0.25, 0.3) is 0 Å². The number of hydrogen-bond acceptors (Lipinski definition) is 8. The van der Waals surface area contributed by atoms with Crippen molar-refractivity contribution in [3.05, 3.63) is 51.6 Å². The van der Waals surface area contributed by atoms with E-state index in [1.807, 2.05) is 28.6 Å². The molecule has 2 fully saturated rings. The number of rotatable bonds is 8. The number of nitrogen functional groups attached to an aromatic ring is 1. The Morgan fingerprint density at radius 3 is 2.79 bits per heavy atom. The van der Waals surface area contributed by atoms with Crippen molar-refractivity contribution >= 4 is 35.2 Å². The fourth-order valence-corrected chi connectivity index (χ4v) is 4.59. The van der Waals surface area contributed by atoms with E-state index in [4.69, 9.17) is 10.5 Å². The minimum atomic E-state index is 0.0327. The van der Waals surface area contributed by atoms with Crippen LogP contribution in [0.1, 0.15) is 29.0 Å². The Kier molecular flexibility index (Phi) is 8.59. The topological polar surface area (TPSA) is 96.6 Å². The Labute approximate surface area is 199 Å². The molecule has 1 amide bonds. The van der Waals surface area contributed by atoms with Crippen LogP contribution < -0.4 is 11.1 Å². The highest BCUT2D eigenvalue weighted by molar-refractivity contribution is 7.10. The van der Waals surface area contributed by atoms with Crippen LogP contribution in [0.2, 0.25) is 0 Å². The highest BCUT2D eigenvalue weighted by atomic mass is 32.1. The van der Waals surface area contributed by atoms with Crippen LogP contribution in [-0.4, -0.2) is 78.2 Å². The molecule has 0 spiro atoms. The molecule has 0 saturated carbocycles. The lowest BCUT2D eigenvalue weighted by Gasteiger charge is -2.27. The van der Waals surface area contributed by atoms with Crippen molar-refractivity contribution in [1.29, 1.82) is 0 Å². The summed E-state index contributed by atoms with van der Waals surface area (Å²) in [5.41, 5.74) is 9.24. The van der Waals surface area contributed by atoms with Gasteiger partial charge in [-0.25, -0.2) is 9.97 Å². The van der Waals surface area contributed by atoms with Gasteiger partial charge in [0.15, 0.2) is 0 Å². The molecule has 8 nitrogen and oxygen atoms in total. The number of morpholine rings is 1. The number of pyridine rings is 1. The van der Waals surface area contributed by atoms with Gasteiger partial charge in [0.05, 0.1) is 13.2 Å². The number of amides is 1. The highest BCUT2D eigenvalue weighted by Crippen LogP contribution is 2.21. The minimum absolute atomic E-state index is 0.0327. The van der Waals surface area contributed by atoms with Crippen molar-refractivity contribution in [2.24, 2.45) is 0 Å². The fourth-order valence-electron chi connectivity index (χ4n) is 3.97. The average Bonchev–Trinajstić information content (AvgIpc) is 3.36. The first-order valence-corrected chi connectivity index (χ1v) is 12.4. The third-order valence-electron chi connectivity index (χ3n) is 5.96. The Morgan fingerprint density at radius 1 is 1.21 bits per heavy atom. The van der Waals surface area contributed by atoms with Crippen LogP contribution >= 0.6 is 11.3 Å². The molecular formula is C24H32N6O2S. The van der Waals surface area contributed by atoms with Gasteiger partial charge in [0, 0.05) is 75.2 Å². The van der Waals surface area contributed by atoms with Crippen LogP contribution in [0.4, 0.5) is 5.82 Å². The summed E-state index contributed by atoms with van der Waals surface area (Å²) in [6.45, 7) is 7.59. The predicted octanol–water partition coefficient (Wildman–Crippen LogP) is 2.26. The maximum absolute atomic E-state index is 12.6. The number of hydrogen-bond donors (Lipinski definition) is 2. The van der Waals surface area contributed by atoms with E-state index in [-0.39, 0.29) is 5.91 Å². The summed E-state index contributed by atoms with van der Waals surface area (Å²) in [6, 6.07) is 2.00. The molecule has 3 N–H and O–H groups in total. The number of aromatic nitrogens is 2. The van der Waals surface area contributed by atoms with Gasteiger partial charge in [0.2, 0.25) is 5.91 Å². The zero-order valence-corrected chi connectivity index (χ0v) is 19.7. The minimum Gasteiger partial charge on any atom is -0.383 e. The van der Waals surface area contributed by atoms with Crippen LogP contribution in [0.5, 0.6) is 0 Å². The lowest BCUT2D eigenvalue weighted by Crippen LogP contribution is -2.40. The molecule has 0 radical (unpaired) electrons. The molecule has 2 aliphatic heterocycles. The van der Waals surface area contributed by atoms with E-state index in [0.29, 0.717) is 12.4 Å². The number of carbonyl (C=O) groups is 1. The maximum atomic E-state index is 12.6. The Bertz CT molecular complexity index is 959. The third-order valence-corrected chi connectivity index (χ3v) is 6.68. The second-order valence-electron chi connectivity index (χ2n) is 8.28. The van der Waals surface area contributed by atoms with E-state index in [1.54, 1.807) is 23.6 Å². The molecule has 0 atom stereocenters. The van der Waals surface area contributed by atoms with Crippen LogP contribution in [0.25, 0.3) is 12.2 Å². The second kappa shape index (κ2) is 12.0. The van der Waals surface area contributed by atoms with E-state index in [9.17, 15) is 4.79 Å². The SMILES string of the molecule is Nc1ncc(C=CC(=O)N2CCC(=Cc3nccs3)CC2)cc1CNCCN1CCOCC1. The standard InChI is InChI=1S/C24H32N6O2S/c25-24-21(18-26-5-9-29-10-12-32-13-11-29)15-20(17-28-24)1-2-23(31)30-7-3-19(4-8-30)16-22-27-6-14-33-22/h1-2,6,14-17,26H,3-5,7-13,18H2,(H2,25,28). The Balaban J connectivity index is 1.24. The normalized spacial score (nSPS) is 17.6. The van der Waals surface area contributed by atoms with E-state index in [0.717, 1.165) is 81.5 Å². The largest absolute Gasteiger partial charge is 0.383 e. The Hall–Kier alpha value is -2.59. The fraction of sp³-hybridized carbons (Fsp3) is 0.458.